The number of benzene rings is 1. The lowest BCUT2D eigenvalue weighted by Crippen LogP contribution is -2.21. The van der Waals surface area contributed by atoms with E-state index in [-0.39, 0.29) is 18.1 Å². The summed E-state index contributed by atoms with van der Waals surface area (Å²) in [5.41, 5.74) is 2.26. The molecule has 26 heavy (non-hydrogen) atoms. The van der Waals surface area contributed by atoms with Gasteiger partial charge in [0, 0.05) is 10.6 Å². The Labute approximate surface area is 157 Å². The third-order valence-electron chi connectivity index (χ3n) is 4.32. The average molecular weight is 372 g/mol. The van der Waals surface area contributed by atoms with Crippen molar-refractivity contribution in [2.45, 2.75) is 46.1 Å². The first kappa shape index (κ1) is 18.5. The van der Waals surface area contributed by atoms with Crippen LogP contribution in [0.4, 0.5) is 15.5 Å². The van der Waals surface area contributed by atoms with Crippen LogP contribution in [-0.2, 0) is 17.6 Å². The largest absolute Gasteiger partial charge is 0.459 e. The SMILES string of the molecule is CC1CCc2c(sc(NC(=O)Nc3ccccc3)c2C(=O)OC(C)C)C1. The first-order valence-electron chi connectivity index (χ1n) is 8.92. The monoisotopic (exact) mass is 372 g/mol. The number of ether oxygens (including phenoxy) is 1. The lowest BCUT2D eigenvalue weighted by molar-refractivity contribution is 0.0378. The van der Waals surface area contributed by atoms with E-state index in [1.807, 2.05) is 44.2 Å². The average Bonchev–Trinajstić information content (AvgIpc) is 2.91. The maximum Gasteiger partial charge on any atom is 0.341 e. The molecule has 0 aliphatic heterocycles. The number of hydrogen-bond acceptors (Lipinski definition) is 4. The summed E-state index contributed by atoms with van der Waals surface area (Å²) in [6.45, 7) is 5.87. The van der Waals surface area contributed by atoms with Gasteiger partial charge in [0.25, 0.3) is 0 Å². The highest BCUT2D eigenvalue weighted by atomic mass is 32.1. The van der Waals surface area contributed by atoms with Gasteiger partial charge in [-0.25, -0.2) is 9.59 Å². The smallest absolute Gasteiger partial charge is 0.341 e. The molecule has 0 saturated heterocycles. The maximum atomic E-state index is 12.6. The quantitative estimate of drug-likeness (QED) is 0.735. The van der Waals surface area contributed by atoms with Gasteiger partial charge in [0.05, 0.1) is 11.7 Å². The molecule has 1 unspecified atom stereocenters. The van der Waals surface area contributed by atoms with Crippen molar-refractivity contribution in [3.63, 3.8) is 0 Å². The normalized spacial score (nSPS) is 16.1. The Balaban J connectivity index is 1.85. The number of fused-ring (bicyclic) bond motifs is 1. The zero-order valence-corrected chi connectivity index (χ0v) is 16.1. The van der Waals surface area contributed by atoms with Crippen LogP contribution in [0.15, 0.2) is 30.3 Å². The van der Waals surface area contributed by atoms with E-state index in [2.05, 4.69) is 17.6 Å². The summed E-state index contributed by atoms with van der Waals surface area (Å²) in [5, 5.41) is 6.22. The Kier molecular flexibility index (Phi) is 5.61. The highest BCUT2D eigenvalue weighted by Crippen LogP contribution is 2.40. The van der Waals surface area contributed by atoms with Crippen LogP contribution in [0.25, 0.3) is 0 Å². The van der Waals surface area contributed by atoms with Crippen molar-refractivity contribution in [2.24, 2.45) is 5.92 Å². The number of nitrogens with one attached hydrogen (secondary N) is 2. The van der Waals surface area contributed by atoms with E-state index in [1.165, 1.54) is 16.2 Å². The van der Waals surface area contributed by atoms with E-state index in [0.29, 0.717) is 22.2 Å². The maximum absolute atomic E-state index is 12.6. The number of amides is 2. The minimum atomic E-state index is -0.360. The van der Waals surface area contributed by atoms with Crippen LogP contribution in [0.5, 0.6) is 0 Å². The Bertz CT molecular complexity index is 799. The standard InChI is InChI=1S/C20H24N2O3S/c1-12(2)25-19(23)17-15-10-9-13(3)11-16(15)26-18(17)22-20(24)21-14-7-5-4-6-8-14/h4-8,12-13H,9-11H2,1-3H3,(H2,21,22,24). The molecular weight excluding hydrogens is 348 g/mol. The Morgan fingerprint density at radius 2 is 1.92 bits per heavy atom. The van der Waals surface area contributed by atoms with Gasteiger partial charge in [-0.1, -0.05) is 25.1 Å². The molecule has 1 atom stereocenters. The van der Waals surface area contributed by atoms with Gasteiger partial charge in [-0.2, -0.15) is 0 Å². The Morgan fingerprint density at radius 1 is 1.19 bits per heavy atom. The first-order chi connectivity index (χ1) is 12.4. The number of hydrogen-bond donors (Lipinski definition) is 2. The summed E-state index contributed by atoms with van der Waals surface area (Å²) in [6.07, 6.45) is 2.62. The highest BCUT2D eigenvalue weighted by Gasteiger charge is 2.29. The number of rotatable bonds is 4. The minimum absolute atomic E-state index is 0.202. The Morgan fingerprint density at radius 3 is 2.62 bits per heavy atom. The number of esters is 1. The van der Waals surface area contributed by atoms with Crippen molar-refractivity contribution in [1.29, 1.82) is 0 Å². The van der Waals surface area contributed by atoms with Crippen LogP contribution in [-0.4, -0.2) is 18.1 Å². The van der Waals surface area contributed by atoms with Gasteiger partial charge in [-0.05, 0) is 56.7 Å². The van der Waals surface area contributed by atoms with Crippen LogP contribution in [0, 0.1) is 5.92 Å². The van der Waals surface area contributed by atoms with Gasteiger partial charge in [0.15, 0.2) is 0 Å². The van der Waals surface area contributed by atoms with Gasteiger partial charge in [0.1, 0.15) is 5.00 Å². The molecule has 2 N–H and O–H groups in total. The fourth-order valence-corrected chi connectivity index (χ4v) is 4.51. The molecule has 1 aromatic carbocycles. The van der Waals surface area contributed by atoms with Crippen LogP contribution < -0.4 is 10.6 Å². The summed E-state index contributed by atoms with van der Waals surface area (Å²) >= 11 is 1.49. The molecule has 138 valence electrons. The van der Waals surface area contributed by atoms with Gasteiger partial charge in [-0.15, -0.1) is 11.3 Å². The predicted molar refractivity (Wildman–Crippen MR) is 105 cm³/mol. The molecule has 1 aliphatic rings. The predicted octanol–water partition coefficient (Wildman–Crippen LogP) is 5.08. The number of para-hydroxylation sites is 1. The lowest BCUT2D eigenvalue weighted by atomic mass is 9.88. The van der Waals surface area contributed by atoms with Gasteiger partial charge >= 0.3 is 12.0 Å². The molecule has 3 rings (SSSR count). The van der Waals surface area contributed by atoms with Gasteiger partial charge in [-0.3, -0.25) is 5.32 Å². The highest BCUT2D eigenvalue weighted by molar-refractivity contribution is 7.17. The molecule has 2 aromatic rings. The van der Waals surface area contributed by atoms with E-state index < -0.39 is 0 Å². The first-order valence-corrected chi connectivity index (χ1v) is 9.74. The number of carbonyl (C=O) groups is 2. The molecule has 0 spiro atoms. The molecule has 0 fully saturated rings. The minimum Gasteiger partial charge on any atom is -0.459 e. The molecule has 1 heterocycles. The molecule has 5 nitrogen and oxygen atoms in total. The van der Waals surface area contributed by atoms with E-state index in [1.54, 1.807) is 0 Å². The number of urea groups is 1. The molecule has 0 bridgehead atoms. The van der Waals surface area contributed by atoms with Gasteiger partial charge in [0.2, 0.25) is 0 Å². The van der Waals surface area contributed by atoms with E-state index in [0.717, 1.165) is 24.8 Å². The summed E-state index contributed by atoms with van der Waals surface area (Å²) in [6, 6.07) is 8.86. The molecule has 1 aliphatic carbocycles. The molecule has 1 aromatic heterocycles. The number of anilines is 2. The van der Waals surface area contributed by atoms with Crippen LogP contribution in [0.1, 0.15) is 48.0 Å². The molecule has 0 saturated carbocycles. The van der Waals surface area contributed by atoms with Crippen LogP contribution >= 0.6 is 11.3 Å². The zero-order valence-electron chi connectivity index (χ0n) is 15.3. The molecule has 0 radical (unpaired) electrons. The second-order valence-electron chi connectivity index (χ2n) is 6.96. The molecular formula is C20H24N2O3S. The fourth-order valence-electron chi connectivity index (χ4n) is 3.11. The van der Waals surface area contributed by atoms with Crippen molar-refractivity contribution in [3.05, 3.63) is 46.3 Å². The number of carbonyl (C=O) groups excluding carboxylic acids is 2. The second kappa shape index (κ2) is 7.91. The third kappa shape index (κ3) is 4.25. The van der Waals surface area contributed by atoms with Crippen LogP contribution in [0.3, 0.4) is 0 Å². The molecule has 6 heteroatoms. The summed E-state index contributed by atoms with van der Waals surface area (Å²) < 4.78 is 5.42. The second-order valence-corrected chi connectivity index (χ2v) is 8.06. The summed E-state index contributed by atoms with van der Waals surface area (Å²) in [5.74, 6) is 0.225. The van der Waals surface area contributed by atoms with Crippen molar-refractivity contribution in [1.82, 2.24) is 0 Å². The van der Waals surface area contributed by atoms with E-state index >= 15 is 0 Å². The van der Waals surface area contributed by atoms with Crippen molar-refractivity contribution >= 4 is 34.0 Å². The van der Waals surface area contributed by atoms with E-state index in [4.69, 9.17) is 4.74 Å². The van der Waals surface area contributed by atoms with Crippen molar-refractivity contribution < 1.29 is 14.3 Å². The fraction of sp³-hybridized carbons (Fsp3) is 0.400. The van der Waals surface area contributed by atoms with Crippen molar-refractivity contribution in [2.75, 3.05) is 10.6 Å². The lowest BCUT2D eigenvalue weighted by Gasteiger charge is -2.18. The third-order valence-corrected chi connectivity index (χ3v) is 5.49. The topological polar surface area (TPSA) is 67.4 Å². The van der Waals surface area contributed by atoms with Gasteiger partial charge < -0.3 is 10.1 Å². The zero-order chi connectivity index (χ0) is 18.7. The Hall–Kier alpha value is -2.34. The van der Waals surface area contributed by atoms with E-state index in [9.17, 15) is 9.59 Å². The van der Waals surface area contributed by atoms with Crippen molar-refractivity contribution in [3.8, 4) is 0 Å². The summed E-state index contributed by atoms with van der Waals surface area (Å²) in [4.78, 5) is 26.2. The summed E-state index contributed by atoms with van der Waals surface area (Å²) in [7, 11) is 0. The molecule has 2 amide bonds. The van der Waals surface area contributed by atoms with Crippen LogP contribution in [0.2, 0.25) is 0 Å². The number of thiophene rings is 1.